The van der Waals surface area contributed by atoms with Crippen LogP contribution in [-0.4, -0.2) is 33.8 Å². The molecule has 1 N–H and O–H groups in total. The van der Waals surface area contributed by atoms with Crippen molar-refractivity contribution in [3.63, 3.8) is 0 Å². The summed E-state index contributed by atoms with van der Waals surface area (Å²) >= 11 is 0. The maximum absolute atomic E-state index is 8.60. The van der Waals surface area contributed by atoms with E-state index >= 15 is 0 Å². The molecule has 0 saturated carbocycles. The molecule has 0 radical (unpaired) electrons. The molecule has 3 nitrogen and oxygen atoms in total. The second-order valence-electron chi connectivity index (χ2n) is 1.52. The van der Waals surface area contributed by atoms with Crippen molar-refractivity contribution < 1.29 is 44.9 Å². The normalized spacial score (nSPS) is 9.60. The standard InChI is InChI=1S/C5H14O3Si.Na.H/c1-3-7-9(5-6)8-4-2;;/h6,9H,3-5H2,1-2H3;;/q;+1;-1. The van der Waals surface area contributed by atoms with E-state index in [-0.39, 0.29) is 37.2 Å². The van der Waals surface area contributed by atoms with E-state index in [9.17, 15) is 0 Å². The van der Waals surface area contributed by atoms with Gasteiger partial charge in [0.05, 0.1) is 6.23 Å². The Morgan fingerprint density at radius 3 is 1.90 bits per heavy atom. The van der Waals surface area contributed by atoms with Crippen LogP contribution in [0, 0.1) is 0 Å². The van der Waals surface area contributed by atoms with Gasteiger partial charge in [0, 0.05) is 13.2 Å². The van der Waals surface area contributed by atoms with Crippen LogP contribution in [0.2, 0.25) is 0 Å². The van der Waals surface area contributed by atoms with Gasteiger partial charge in [-0.15, -0.1) is 0 Å². The minimum Gasteiger partial charge on any atom is -1.00 e. The maximum atomic E-state index is 8.60. The minimum atomic E-state index is -1.66. The van der Waals surface area contributed by atoms with E-state index in [0.717, 1.165) is 0 Å². The zero-order chi connectivity index (χ0) is 7.11. The number of aliphatic hydroxyl groups excluding tert-OH is 1. The fourth-order valence-electron chi connectivity index (χ4n) is 0.525. The van der Waals surface area contributed by atoms with Crippen LogP contribution < -0.4 is 29.6 Å². The number of aliphatic hydroxyl groups is 1. The topological polar surface area (TPSA) is 38.7 Å². The quantitative estimate of drug-likeness (QED) is 0.450. The average molecular weight is 174 g/mol. The maximum Gasteiger partial charge on any atom is 1.00 e. The van der Waals surface area contributed by atoms with E-state index < -0.39 is 9.28 Å². The van der Waals surface area contributed by atoms with Gasteiger partial charge in [-0.1, -0.05) is 0 Å². The second kappa shape index (κ2) is 10.1. The Labute approximate surface area is 87.3 Å². The third kappa shape index (κ3) is 7.21. The van der Waals surface area contributed by atoms with Crippen molar-refractivity contribution in [3.8, 4) is 0 Å². The van der Waals surface area contributed by atoms with Gasteiger partial charge in [0.25, 0.3) is 0 Å². The van der Waals surface area contributed by atoms with Crippen LogP contribution in [0.25, 0.3) is 0 Å². The minimum absolute atomic E-state index is 0. The first kappa shape index (κ1) is 13.7. The van der Waals surface area contributed by atoms with Gasteiger partial charge in [0.2, 0.25) is 0 Å². The van der Waals surface area contributed by atoms with Crippen molar-refractivity contribution in [2.45, 2.75) is 13.8 Å². The summed E-state index contributed by atoms with van der Waals surface area (Å²) in [6.07, 6.45) is 0.0711. The smallest absolute Gasteiger partial charge is 1.00 e. The van der Waals surface area contributed by atoms with E-state index in [0.29, 0.717) is 13.2 Å². The first-order valence-electron chi connectivity index (χ1n) is 3.19. The molecular weight excluding hydrogens is 159 g/mol. The van der Waals surface area contributed by atoms with Gasteiger partial charge in [-0.05, 0) is 13.8 Å². The Kier molecular flexibility index (Phi) is 13.8. The predicted molar refractivity (Wildman–Crippen MR) is 38.6 cm³/mol. The summed E-state index contributed by atoms with van der Waals surface area (Å²) < 4.78 is 10.2. The van der Waals surface area contributed by atoms with Crippen LogP contribution in [-0.2, 0) is 8.85 Å². The molecule has 0 rings (SSSR count). The van der Waals surface area contributed by atoms with Crippen molar-refractivity contribution in [2.24, 2.45) is 0 Å². The molecule has 58 valence electrons. The van der Waals surface area contributed by atoms with Gasteiger partial charge >= 0.3 is 38.8 Å². The molecule has 0 amide bonds. The summed E-state index contributed by atoms with van der Waals surface area (Å²) in [4.78, 5) is 0. The zero-order valence-corrected chi connectivity index (χ0v) is 10.1. The van der Waals surface area contributed by atoms with Crippen LogP contribution in [0.4, 0.5) is 0 Å². The molecule has 0 saturated heterocycles. The van der Waals surface area contributed by atoms with E-state index in [1.54, 1.807) is 0 Å². The summed E-state index contributed by atoms with van der Waals surface area (Å²) in [5.41, 5.74) is 0. The molecular formula is C5H15NaO3Si. The Balaban J connectivity index is -0.000000320. The number of rotatable bonds is 5. The predicted octanol–water partition coefficient (Wildman–Crippen LogP) is -3.07. The fraction of sp³-hybridized carbons (Fsp3) is 1.00. The Morgan fingerprint density at radius 1 is 1.30 bits per heavy atom. The van der Waals surface area contributed by atoms with Crippen LogP contribution in [0.1, 0.15) is 15.3 Å². The van der Waals surface area contributed by atoms with Crippen LogP contribution in [0.3, 0.4) is 0 Å². The molecule has 0 aliphatic heterocycles. The summed E-state index contributed by atoms with van der Waals surface area (Å²) in [6.45, 7) is 5.07. The third-order valence-electron chi connectivity index (χ3n) is 0.854. The van der Waals surface area contributed by atoms with Gasteiger partial charge in [-0.3, -0.25) is 0 Å². The van der Waals surface area contributed by atoms with Gasteiger partial charge in [-0.2, -0.15) is 0 Å². The molecule has 5 heteroatoms. The summed E-state index contributed by atoms with van der Waals surface area (Å²) in [6, 6.07) is 0. The molecule has 0 heterocycles. The average Bonchev–Trinajstić information content (AvgIpc) is 1.88. The second-order valence-corrected chi connectivity index (χ2v) is 3.41. The molecule has 0 aromatic heterocycles. The molecule has 0 aliphatic carbocycles. The number of hydrogen-bond donors (Lipinski definition) is 1. The molecule has 0 spiro atoms. The first-order valence-corrected chi connectivity index (χ1v) is 4.95. The molecule has 0 aromatic carbocycles. The van der Waals surface area contributed by atoms with Gasteiger partial charge < -0.3 is 15.4 Å². The van der Waals surface area contributed by atoms with Crippen LogP contribution in [0.15, 0.2) is 0 Å². The summed E-state index contributed by atoms with van der Waals surface area (Å²) in [5, 5.41) is 8.60. The Bertz CT molecular complexity index is 63.7. The first-order chi connectivity index (χ1) is 4.35. The van der Waals surface area contributed by atoms with Crippen molar-refractivity contribution in [1.29, 1.82) is 0 Å². The van der Waals surface area contributed by atoms with Crippen molar-refractivity contribution in [2.75, 3.05) is 19.4 Å². The molecule has 0 atom stereocenters. The van der Waals surface area contributed by atoms with E-state index in [4.69, 9.17) is 14.0 Å². The molecule has 0 fully saturated rings. The summed E-state index contributed by atoms with van der Waals surface area (Å²) in [7, 11) is -1.66. The molecule has 0 aromatic rings. The third-order valence-corrected chi connectivity index (χ3v) is 2.56. The van der Waals surface area contributed by atoms with Gasteiger partial charge in [0.15, 0.2) is 0 Å². The van der Waals surface area contributed by atoms with Crippen LogP contribution in [0.5, 0.6) is 0 Å². The van der Waals surface area contributed by atoms with Crippen LogP contribution >= 0.6 is 0 Å². The SMILES string of the molecule is CCO[SiH](CO)OCC.[H-].[Na+]. The van der Waals surface area contributed by atoms with E-state index in [1.807, 2.05) is 13.8 Å². The van der Waals surface area contributed by atoms with Crippen molar-refractivity contribution in [3.05, 3.63) is 0 Å². The zero-order valence-electron chi connectivity index (χ0n) is 7.96. The Morgan fingerprint density at radius 2 is 1.70 bits per heavy atom. The largest absolute Gasteiger partial charge is 1.00 e. The molecule has 0 unspecified atom stereocenters. The fourth-order valence-corrected chi connectivity index (χ4v) is 1.58. The van der Waals surface area contributed by atoms with E-state index in [2.05, 4.69) is 0 Å². The van der Waals surface area contributed by atoms with Crippen molar-refractivity contribution in [1.82, 2.24) is 0 Å². The Hall–Kier alpha value is 1.10. The van der Waals surface area contributed by atoms with Crippen molar-refractivity contribution >= 4 is 9.28 Å². The monoisotopic (exact) mass is 174 g/mol. The molecule has 10 heavy (non-hydrogen) atoms. The summed E-state index contributed by atoms with van der Waals surface area (Å²) in [5.74, 6) is 0. The van der Waals surface area contributed by atoms with Gasteiger partial charge in [-0.25, -0.2) is 0 Å². The van der Waals surface area contributed by atoms with E-state index in [1.165, 1.54) is 0 Å². The van der Waals surface area contributed by atoms with Gasteiger partial charge in [0.1, 0.15) is 0 Å². The number of hydrogen-bond acceptors (Lipinski definition) is 3. The molecule has 0 aliphatic rings. The molecule has 0 bridgehead atoms.